The van der Waals surface area contributed by atoms with Gasteiger partial charge < -0.3 is 5.11 Å². The summed E-state index contributed by atoms with van der Waals surface area (Å²) in [6.07, 6.45) is 13.0. The van der Waals surface area contributed by atoms with Crippen molar-refractivity contribution in [3.05, 3.63) is 11.1 Å². The van der Waals surface area contributed by atoms with Crippen LogP contribution in [0.5, 0.6) is 0 Å². The van der Waals surface area contributed by atoms with Gasteiger partial charge in [-0.2, -0.15) is 0 Å². The maximum Gasteiger partial charge on any atom is 0.161 e. The number of hydrogen-bond acceptors (Lipinski definition) is 2. The molecule has 0 aliphatic heterocycles. The predicted octanol–water partition coefficient (Wildman–Crippen LogP) is 7.49. The van der Waals surface area contributed by atoms with Crippen molar-refractivity contribution in [2.45, 2.75) is 125 Å². The SMILES string of the molecule is CC(=O)[C@]1(O)CC[C@]2(C)C3=C(CC[C@@H]12)[C@]1(C)CC[C@H]([C@H](C)CCCC(C)C)[C@@]1(C)CC3. The Morgan fingerprint density at radius 2 is 1.68 bits per heavy atom. The highest BCUT2D eigenvalue weighted by atomic mass is 16.3. The van der Waals surface area contributed by atoms with E-state index >= 15 is 0 Å². The lowest BCUT2D eigenvalue weighted by Gasteiger charge is -2.57. The number of hydrogen-bond donors (Lipinski definition) is 1. The molecular formula is C29H48O2. The van der Waals surface area contributed by atoms with Crippen LogP contribution in [0.25, 0.3) is 0 Å². The second kappa shape index (κ2) is 7.71. The number of aliphatic hydroxyl groups is 1. The Kier molecular flexibility index (Phi) is 5.85. The van der Waals surface area contributed by atoms with Crippen molar-refractivity contribution in [2.75, 3.05) is 0 Å². The quantitative estimate of drug-likeness (QED) is 0.445. The van der Waals surface area contributed by atoms with E-state index in [-0.39, 0.29) is 17.1 Å². The summed E-state index contributed by atoms with van der Waals surface area (Å²) in [5, 5.41) is 11.3. The average Bonchev–Trinajstić information content (AvgIpc) is 3.13. The van der Waals surface area contributed by atoms with E-state index in [1.54, 1.807) is 18.1 Å². The third-order valence-corrected chi connectivity index (χ3v) is 11.4. The minimum absolute atomic E-state index is 0.00622. The van der Waals surface area contributed by atoms with Crippen molar-refractivity contribution in [2.24, 2.45) is 39.9 Å². The van der Waals surface area contributed by atoms with E-state index in [0.717, 1.165) is 37.0 Å². The molecule has 176 valence electrons. The van der Waals surface area contributed by atoms with Crippen molar-refractivity contribution in [3.63, 3.8) is 0 Å². The van der Waals surface area contributed by atoms with Gasteiger partial charge in [0.25, 0.3) is 0 Å². The number of fused-ring (bicyclic) bond motifs is 4. The zero-order valence-corrected chi connectivity index (χ0v) is 21.4. The van der Waals surface area contributed by atoms with E-state index in [2.05, 4.69) is 41.5 Å². The zero-order valence-electron chi connectivity index (χ0n) is 21.4. The fraction of sp³-hybridized carbons (Fsp3) is 0.897. The van der Waals surface area contributed by atoms with Crippen molar-refractivity contribution >= 4 is 5.78 Å². The van der Waals surface area contributed by atoms with Crippen LogP contribution in [-0.4, -0.2) is 16.5 Å². The van der Waals surface area contributed by atoms with Crippen LogP contribution in [0, 0.1) is 39.9 Å². The topological polar surface area (TPSA) is 37.3 Å². The van der Waals surface area contributed by atoms with Crippen LogP contribution in [0.15, 0.2) is 11.1 Å². The first-order chi connectivity index (χ1) is 14.4. The van der Waals surface area contributed by atoms with Gasteiger partial charge in [-0.3, -0.25) is 4.79 Å². The van der Waals surface area contributed by atoms with Crippen LogP contribution in [0.1, 0.15) is 119 Å². The van der Waals surface area contributed by atoms with Crippen molar-refractivity contribution in [1.82, 2.24) is 0 Å². The smallest absolute Gasteiger partial charge is 0.161 e. The Morgan fingerprint density at radius 3 is 2.32 bits per heavy atom. The second-order valence-corrected chi connectivity index (χ2v) is 13.1. The molecule has 4 aliphatic rings. The Labute approximate surface area is 191 Å². The molecule has 0 saturated heterocycles. The molecule has 1 N–H and O–H groups in total. The number of allylic oxidation sites excluding steroid dienone is 2. The van der Waals surface area contributed by atoms with Gasteiger partial charge in [0.05, 0.1) is 0 Å². The Hall–Kier alpha value is -0.630. The van der Waals surface area contributed by atoms with Gasteiger partial charge >= 0.3 is 0 Å². The normalized spacial score (nSPS) is 45.5. The van der Waals surface area contributed by atoms with Crippen molar-refractivity contribution in [1.29, 1.82) is 0 Å². The first kappa shape index (κ1) is 23.5. The lowest BCUT2D eigenvalue weighted by molar-refractivity contribution is -0.141. The van der Waals surface area contributed by atoms with E-state index in [1.807, 2.05) is 0 Å². The average molecular weight is 429 g/mol. The molecule has 0 unspecified atom stereocenters. The summed E-state index contributed by atoms with van der Waals surface area (Å²) in [4.78, 5) is 12.4. The Morgan fingerprint density at radius 1 is 0.968 bits per heavy atom. The summed E-state index contributed by atoms with van der Waals surface area (Å²) in [5.41, 5.74) is 3.07. The molecule has 0 aromatic carbocycles. The first-order valence-corrected chi connectivity index (χ1v) is 13.4. The monoisotopic (exact) mass is 428 g/mol. The molecule has 7 atom stereocenters. The molecule has 0 aromatic rings. The maximum absolute atomic E-state index is 12.4. The molecule has 4 rings (SSSR count). The summed E-state index contributed by atoms with van der Waals surface area (Å²) < 4.78 is 0. The molecule has 2 saturated carbocycles. The van der Waals surface area contributed by atoms with Gasteiger partial charge in [0.15, 0.2) is 5.78 Å². The van der Waals surface area contributed by atoms with Gasteiger partial charge in [0, 0.05) is 5.92 Å². The van der Waals surface area contributed by atoms with Gasteiger partial charge in [-0.05, 0) is 92.3 Å². The summed E-state index contributed by atoms with van der Waals surface area (Å²) in [7, 11) is 0. The molecule has 2 heteroatoms. The lowest BCUT2D eigenvalue weighted by Crippen LogP contribution is -2.51. The largest absolute Gasteiger partial charge is 0.382 e. The molecular weight excluding hydrogens is 380 g/mol. The fourth-order valence-corrected chi connectivity index (χ4v) is 9.26. The summed E-state index contributed by atoms with van der Waals surface area (Å²) in [6, 6.07) is 0. The third-order valence-electron chi connectivity index (χ3n) is 11.4. The maximum atomic E-state index is 12.4. The predicted molar refractivity (Wildman–Crippen MR) is 129 cm³/mol. The first-order valence-electron chi connectivity index (χ1n) is 13.4. The van der Waals surface area contributed by atoms with E-state index < -0.39 is 5.60 Å². The highest BCUT2D eigenvalue weighted by molar-refractivity contribution is 5.86. The summed E-state index contributed by atoms with van der Waals surface area (Å²) in [6.45, 7) is 16.5. The molecule has 0 radical (unpaired) electrons. The highest BCUT2D eigenvalue weighted by Crippen LogP contribution is 2.72. The van der Waals surface area contributed by atoms with Gasteiger partial charge in [0.2, 0.25) is 0 Å². The van der Waals surface area contributed by atoms with E-state index in [4.69, 9.17) is 0 Å². The van der Waals surface area contributed by atoms with Crippen molar-refractivity contribution in [3.8, 4) is 0 Å². The molecule has 0 bridgehead atoms. The molecule has 4 aliphatic carbocycles. The van der Waals surface area contributed by atoms with E-state index in [0.29, 0.717) is 17.3 Å². The molecule has 0 amide bonds. The minimum Gasteiger partial charge on any atom is -0.382 e. The van der Waals surface area contributed by atoms with E-state index in [9.17, 15) is 9.90 Å². The molecule has 0 heterocycles. The molecule has 2 nitrogen and oxygen atoms in total. The third kappa shape index (κ3) is 3.24. The fourth-order valence-electron chi connectivity index (χ4n) is 9.26. The van der Waals surface area contributed by atoms with Gasteiger partial charge in [-0.15, -0.1) is 0 Å². The van der Waals surface area contributed by atoms with Crippen LogP contribution >= 0.6 is 0 Å². The number of rotatable bonds is 6. The van der Waals surface area contributed by atoms with Crippen LogP contribution in [0.3, 0.4) is 0 Å². The molecule has 0 aromatic heterocycles. The van der Waals surface area contributed by atoms with Gasteiger partial charge in [-0.1, -0.05) is 72.0 Å². The van der Waals surface area contributed by atoms with Gasteiger partial charge in [-0.25, -0.2) is 0 Å². The number of Topliss-reactive ketones (excluding diaryl/α,β-unsaturated/α-hetero) is 1. The summed E-state index contributed by atoms with van der Waals surface area (Å²) >= 11 is 0. The second-order valence-electron chi connectivity index (χ2n) is 13.1. The number of ketones is 1. The highest BCUT2D eigenvalue weighted by Gasteiger charge is 2.65. The zero-order chi connectivity index (χ0) is 22.8. The van der Waals surface area contributed by atoms with Crippen LogP contribution < -0.4 is 0 Å². The standard InChI is InChI=1S/C29H48O2/c1-19(2)9-8-10-20(3)22-13-15-28(7)24-11-12-25-26(5,17-18-29(25,31)21(4)30)23(24)14-16-27(22,28)6/h19-20,22,25,31H,8-18H2,1-7H3/t20-,22-,25-,26-,27-,28+,29-/m1/s1. The Balaban J connectivity index is 1.62. The lowest BCUT2D eigenvalue weighted by atomic mass is 9.48. The van der Waals surface area contributed by atoms with Gasteiger partial charge in [0.1, 0.15) is 5.60 Å². The number of carbonyl (C=O) groups excluding carboxylic acids is 1. The molecule has 0 spiro atoms. The minimum atomic E-state index is -1.09. The van der Waals surface area contributed by atoms with Crippen LogP contribution in [-0.2, 0) is 4.79 Å². The summed E-state index contributed by atoms with van der Waals surface area (Å²) in [5.74, 6) is 2.58. The molecule has 31 heavy (non-hydrogen) atoms. The van der Waals surface area contributed by atoms with Crippen LogP contribution in [0.4, 0.5) is 0 Å². The number of carbonyl (C=O) groups is 1. The molecule has 2 fully saturated rings. The Bertz CT molecular complexity index is 765. The van der Waals surface area contributed by atoms with Crippen LogP contribution in [0.2, 0.25) is 0 Å². The van der Waals surface area contributed by atoms with E-state index in [1.165, 1.54) is 44.9 Å². The van der Waals surface area contributed by atoms with Crippen molar-refractivity contribution < 1.29 is 9.90 Å².